The Morgan fingerprint density at radius 3 is 2.33 bits per heavy atom. The highest BCUT2D eigenvalue weighted by atomic mass is 19.1. The van der Waals surface area contributed by atoms with Gasteiger partial charge in [-0.25, -0.2) is 8.78 Å². The minimum atomic E-state index is -1.13. The predicted octanol–water partition coefficient (Wildman–Crippen LogP) is 3.84. The number of primary amides is 1. The number of likely N-dealkylation sites (N-methyl/N-ethyl adjacent to an activating group) is 1. The summed E-state index contributed by atoms with van der Waals surface area (Å²) in [5.74, 6) is -1.69. The highest BCUT2D eigenvalue weighted by Crippen LogP contribution is 2.23. The molecule has 3 rings (SSSR count). The molecule has 0 aliphatic heterocycles. The Labute approximate surface area is 172 Å². The zero-order valence-electron chi connectivity index (χ0n) is 16.2. The van der Waals surface area contributed by atoms with E-state index in [1.807, 2.05) is 0 Å². The SMILES string of the molecule is CN(C(=O)c1cccc(OCc2ccc(F)cc2)c1)C(C(N)=O)c1cccc(F)c1. The van der Waals surface area contributed by atoms with Crippen LogP contribution in [0.5, 0.6) is 5.75 Å². The van der Waals surface area contributed by atoms with E-state index >= 15 is 0 Å². The van der Waals surface area contributed by atoms with Crippen molar-refractivity contribution in [1.29, 1.82) is 0 Å². The first-order valence-corrected chi connectivity index (χ1v) is 9.14. The van der Waals surface area contributed by atoms with Crippen molar-refractivity contribution < 1.29 is 23.1 Å². The van der Waals surface area contributed by atoms with Crippen LogP contribution in [-0.2, 0) is 11.4 Å². The lowest BCUT2D eigenvalue weighted by Crippen LogP contribution is -2.39. The van der Waals surface area contributed by atoms with Crippen LogP contribution in [0.15, 0.2) is 72.8 Å². The van der Waals surface area contributed by atoms with Crippen LogP contribution in [-0.4, -0.2) is 23.8 Å². The van der Waals surface area contributed by atoms with Gasteiger partial charge in [0.25, 0.3) is 5.91 Å². The molecule has 0 aromatic heterocycles. The van der Waals surface area contributed by atoms with Gasteiger partial charge in [-0.1, -0.05) is 30.3 Å². The lowest BCUT2D eigenvalue weighted by atomic mass is 10.0. The van der Waals surface area contributed by atoms with Gasteiger partial charge < -0.3 is 15.4 Å². The Bertz CT molecular complexity index is 1050. The van der Waals surface area contributed by atoms with Gasteiger partial charge in [0.2, 0.25) is 5.91 Å². The van der Waals surface area contributed by atoms with E-state index < -0.39 is 23.7 Å². The van der Waals surface area contributed by atoms with Crippen LogP contribution >= 0.6 is 0 Å². The molecule has 0 saturated carbocycles. The summed E-state index contributed by atoms with van der Waals surface area (Å²) in [5, 5.41) is 0. The summed E-state index contributed by atoms with van der Waals surface area (Å²) in [4.78, 5) is 26.1. The maximum absolute atomic E-state index is 13.6. The Balaban J connectivity index is 1.77. The third-order valence-corrected chi connectivity index (χ3v) is 4.54. The molecule has 3 aromatic rings. The highest BCUT2D eigenvalue weighted by Gasteiger charge is 2.28. The Morgan fingerprint density at radius 1 is 0.967 bits per heavy atom. The second-order valence-electron chi connectivity index (χ2n) is 6.72. The fourth-order valence-corrected chi connectivity index (χ4v) is 3.04. The molecule has 154 valence electrons. The van der Waals surface area contributed by atoms with Crippen LogP contribution < -0.4 is 10.5 Å². The molecular weight excluding hydrogens is 390 g/mol. The summed E-state index contributed by atoms with van der Waals surface area (Å²) in [6.07, 6.45) is 0. The standard InChI is InChI=1S/C23H20F2N2O3/c1-27(21(22(26)28)16-4-2-6-19(25)12-16)23(29)17-5-3-7-20(13-17)30-14-15-8-10-18(24)11-9-15/h2-13,21H,14H2,1H3,(H2,26,28). The summed E-state index contributed by atoms with van der Waals surface area (Å²) >= 11 is 0. The third-order valence-electron chi connectivity index (χ3n) is 4.54. The first kappa shape index (κ1) is 21.0. The maximum atomic E-state index is 13.6. The van der Waals surface area contributed by atoms with Gasteiger partial charge in [-0.05, 0) is 53.6 Å². The number of rotatable bonds is 7. The molecule has 5 nitrogen and oxygen atoms in total. The first-order chi connectivity index (χ1) is 14.3. The number of ether oxygens (including phenoxy) is 1. The number of carbonyl (C=O) groups is 2. The van der Waals surface area contributed by atoms with Crippen LogP contribution in [0.3, 0.4) is 0 Å². The van der Waals surface area contributed by atoms with Gasteiger partial charge in [-0.15, -0.1) is 0 Å². The van der Waals surface area contributed by atoms with Crippen molar-refractivity contribution in [2.75, 3.05) is 7.05 Å². The smallest absolute Gasteiger partial charge is 0.254 e. The summed E-state index contributed by atoms with van der Waals surface area (Å²) in [7, 11) is 1.43. The van der Waals surface area contributed by atoms with Crippen molar-refractivity contribution in [3.63, 3.8) is 0 Å². The molecule has 0 fully saturated rings. The fraction of sp³-hybridized carbons (Fsp3) is 0.130. The van der Waals surface area contributed by atoms with Gasteiger partial charge in [0.15, 0.2) is 0 Å². The largest absolute Gasteiger partial charge is 0.489 e. The van der Waals surface area contributed by atoms with Crippen molar-refractivity contribution in [1.82, 2.24) is 4.90 Å². The monoisotopic (exact) mass is 410 g/mol. The molecule has 0 bridgehead atoms. The Kier molecular flexibility index (Phi) is 6.41. The van der Waals surface area contributed by atoms with Crippen LogP contribution in [0.25, 0.3) is 0 Å². The van der Waals surface area contributed by atoms with Gasteiger partial charge in [0.05, 0.1) is 0 Å². The van der Waals surface area contributed by atoms with Crippen molar-refractivity contribution in [3.8, 4) is 5.75 Å². The van der Waals surface area contributed by atoms with E-state index in [1.165, 1.54) is 49.5 Å². The number of halogens is 2. The molecule has 2 amide bonds. The van der Waals surface area contributed by atoms with Crippen molar-refractivity contribution in [2.45, 2.75) is 12.6 Å². The maximum Gasteiger partial charge on any atom is 0.254 e. The number of nitrogens with zero attached hydrogens (tertiary/aromatic N) is 1. The molecule has 0 aliphatic carbocycles. The third kappa shape index (κ3) is 5.00. The number of nitrogens with two attached hydrogens (primary N) is 1. The van der Waals surface area contributed by atoms with Crippen molar-refractivity contribution in [2.24, 2.45) is 5.73 Å². The van der Waals surface area contributed by atoms with Crippen LogP contribution in [0.2, 0.25) is 0 Å². The molecule has 1 atom stereocenters. The van der Waals surface area contributed by atoms with Gasteiger partial charge in [0, 0.05) is 12.6 Å². The molecule has 7 heteroatoms. The minimum Gasteiger partial charge on any atom is -0.489 e. The van der Waals surface area contributed by atoms with Gasteiger partial charge in [-0.3, -0.25) is 9.59 Å². The molecule has 1 unspecified atom stereocenters. The van der Waals surface area contributed by atoms with Gasteiger partial charge in [-0.2, -0.15) is 0 Å². The van der Waals surface area contributed by atoms with Crippen molar-refractivity contribution in [3.05, 3.63) is 101 Å². The van der Waals surface area contributed by atoms with E-state index in [0.29, 0.717) is 5.75 Å². The Morgan fingerprint density at radius 2 is 1.67 bits per heavy atom. The molecule has 0 heterocycles. The number of benzene rings is 3. The second-order valence-corrected chi connectivity index (χ2v) is 6.72. The molecule has 3 aromatic carbocycles. The van der Waals surface area contributed by atoms with Gasteiger partial charge in [0.1, 0.15) is 30.0 Å². The van der Waals surface area contributed by atoms with E-state index in [0.717, 1.165) is 10.5 Å². The van der Waals surface area contributed by atoms with Gasteiger partial charge >= 0.3 is 0 Å². The van der Waals surface area contributed by atoms with Crippen LogP contribution in [0.1, 0.15) is 27.5 Å². The zero-order valence-corrected chi connectivity index (χ0v) is 16.2. The quantitative estimate of drug-likeness (QED) is 0.643. The molecule has 0 radical (unpaired) electrons. The second kappa shape index (κ2) is 9.17. The number of hydrogen-bond acceptors (Lipinski definition) is 3. The average molecular weight is 410 g/mol. The van der Waals surface area contributed by atoms with E-state index in [4.69, 9.17) is 10.5 Å². The Hall–Kier alpha value is -3.74. The molecule has 30 heavy (non-hydrogen) atoms. The molecular formula is C23H20F2N2O3. The van der Waals surface area contributed by atoms with Crippen LogP contribution in [0, 0.1) is 11.6 Å². The molecule has 0 saturated heterocycles. The number of carbonyl (C=O) groups excluding carboxylic acids is 2. The fourth-order valence-electron chi connectivity index (χ4n) is 3.04. The van der Waals surface area contributed by atoms with Crippen molar-refractivity contribution >= 4 is 11.8 Å². The topological polar surface area (TPSA) is 72.6 Å². The number of hydrogen-bond donors (Lipinski definition) is 1. The number of amides is 2. The minimum absolute atomic E-state index is 0.195. The predicted molar refractivity (Wildman–Crippen MR) is 108 cm³/mol. The summed E-state index contributed by atoms with van der Waals surface area (Å²) < 4.78 is 32.3. The first-order valence-electron chi connectivity index (χ1n) is 9.14. The molecule has 0 spiro atoms. The molecule has 0 aliphatic rings. The zero-order chi connectivity index (χ0) is 21.7. The summed E-state index contributed by atoms with van der Waals surface area (Å²) in [5.41, 5.74) is 6.80. The normalized spacial score (nSPS) is 11.6. The lowest BCUT2D eigenvalue weighted by Gasteiger charge is -2.26. The van der Waals surface area contributed by atoms with E-state index in [9.17, 15) is 18.4 Å². The average Bonchev–Trinajstić information content (AvgIpc) is 2.73. The van der Waals surface area contributed by atoms with Crippen LogP contribution in [0.4, 0.5) is 8.78 Å². The van der Waals surface area contributed by atoms with E-state index in [-0.39, 0.29) is 23.6 Å². The summed E-state index contributed by atoms with van der Waals surface area (Å²) in [6.45, 7) is 0.195. The highest BCUT2D eigenvalue weighted by molar-refractivity contribution is 5.97. The molecule has 2 N–H and O–H groups in total. The summed E-state index contributed by atoms with van der Waals surface area (Å²) in [6, 6.07) is 16.6. The van der Waals surface area contributed by atoms with E-state index in [2.05, 4.69) is 0 Å². The van der Waals surface area contributed by atoms with E-state index in [1.54, 1.807) is 30.3 Å². The lowest BCUT2D eigenvalue weighted by molar-refractivity contribution is -0.122.